The summed E-state index contributed by atoms with van der Waals surface area (Å²) in [5.74, 6) is -1.04. The molecule has 5 heteroatoms. The lowest BCUT2D eigenvalue weighted by Gasteiger charge is -2.08. The van der Waals surface area contributed by atoms with E-state index in [9.17, 15) is 8.78 Å². The zero-order valence-corrected chi connectivity index (χ0v) is 11.4. The maximum atomic E-state index is 13.4. The van der Waals surface area contributed by atoms with Crippen LogP contribution in [0.5, 0.6) is 0 Å². The minimum atomic E-state index is -0.522. The highest BCUT2D eigenvalue weighted by atomic mass is 79.9. The second-order valence-electron chi connectivity index (χ2n) is 3.77. The maximum Gasteiger partial charge on any atom is 0.131 e. The molecule has 0 unspecified atom stereocenters. The standard InChI is InChI=1S/C12H17BrF2N2/c1-2-3-16-4-5-17-8-10-11(14)6-9(13)7-12(10)15/h6-7,16-17H,2-5,8H2,1H3. The molecule has 0 aliphatic heterocycles. The first-order valence-corrected chi connectivity index (χ1v) is 6.49. The number of hydrogen-bond donors (Lipinski definition) is 2. The molecule has 0 amide bonds. The summed E-state index contributed by atoms with van der Waals surface area (Å²) in [6.07, 6.45) is 1.08. The van der Waals surface area contributed by atoms with E-state index in [2.05, 4.69) is 33.5 Å². The maximum absolute atomic E-state index is 13.4. The van der Waals surface area contributed by atoms with Crippen LogP contribution in [0.1, 0.15) is 18.9 Å². The minimum Gasteiger partial charge on any atom is -0.315 e. The van der Waals surface area contributed by atoms with Crippen molar-refractivity contribution in [3.8, 4) is 0 Å². The quantitative estimate of drug-likeness (QED) is 0.757. The van der Waals surface area contributed by atoms with Gasteiger partial charge in [0.2, 0.25) is 0 Å². The van der Waals surface area contributed by atoms with Crippen LogP contribution < -0.4 is 10.6 Å². The molecule has 2 nitrogen and oxygen atoms in total. The van der Waals surface area contributed by atoms with Gasteiger partial charge < -0.3 is 10.6 Å². The SMILES string of the molecule is CCCNCCNCc1c(F)cc(Br)cc1F. The summed E-state index contributed by atoms with van der Waals surface area (Å²) in [6.45, 7) is 4.75. The number of benzene rings is 1. The lowest BCUT2D eigenvalue weighted by atomic mass is 10.2. The average molecular weight is 307 g/mol. The van der Waals surface area contributed by atoms with Gasteiger partial charge in [0, 0.05) is 29.7 Å². The smallest absolute Gasteiger partial charge is 0.131 e. The minimum absolute atomic E-state index is 0.0868. The summed E-state index contributed by atoms with van der Waals surface area (Å²) in [5, 5.41) is 6.21. The predicted molar refractivity (Wildman–Crippen MR) is 68.9 cm³/mol. The van der Waals surface area contributed by atoms with E-state index in [1.54, 1.807) is 0 Å². The Hall–Kier alpha value is -0.520. The second kappa shape index (κ2) is 7.74. The molecular weight excluding hydrogens is 290 g/mol. The molecule has 0 saturated carbocycles. The summed E-state index contributed by atoms with van der Waals surface area (Å²) in [6, 6.07) is 2.55. The van der Waals surface area contributed by atoms with Gasteiger partial charge in [-0.3, -0.25) is 0 Å². The van der Waals surface area contributed by atoms with Crippen molar-refractivity contribution < 1.29 is 8.78 Å². The Balaban J connectivity index is 2.36. The van der Waals surface area contributed by atoms with Gasteiger partial charge in [-0.1, -0.05) is 22.9 Å². The third-order valence-electron chi connectivity index (χ3n) is 2.31. The molecule has 0 fully saturated rings. The van der Waals surface area contributed by atoms with Gasteiger partial charge >= 0.3 is 0 Å². The Morgan fingerprint density at radius 1 is 1.06 bits per heavy atom. The van der Waals surface area contributed by atoms with Gasteiger partial charge in [0.15, 0.2) is 0 Å². The molecule has 0 saturated heterocycles. The van der Waals surface area contributed by atoms with Gasteiger partial charge in [0.05, 0.1) is 0 Å². The fourth-order valence-corrected chi connectivity index (χ4v) is 1.83. The Labute approximate surface area is 109 Å². The second-order valence-corrected chi connectivity index (χ2v) is 4.69. The Morgan fingerprint density at radius 2 is 1.65 bits per heavy atom. The molecule has 1 rings (SSSR count). The van der Waals surface area contributed by atoms with Crippen LogP contribution in [0.15, 0.2) is 16.6 Å². The van der Waals surface area contributed by atoms with E-state index in [0.29, 0.717) is 11.0 Å². The van der Waals surface area contributed by atoms with E-state index in [4.69, 9.17) is 0 Å². The van der Waals surface area contributed by atoms with Gasteiger partial charge in [-0.15, -0.1) is 0 Å². The zero-order valence-electron chi connectivity index (χ0n) is 9.82. The van der Waals surface area contributed by atoms with E-state index < -0.39 is 11.6 Å². The summed E-state index contributed by atoms with van der Waals surface area (Å²) in [5.41, 5.74) is 0.0868. The van der Waals surface area contributed by atoms with E-state index in [1.165, 1.54) is 12.1 Å². The summed E-state index contributed by atoms with van der Waals surface area (Å²) >= 11 is 3.05. The molecule has 0 bridgehead atoms. The van der Waals surface area contributed by atoms with Crippen LogP contribution in [0.2, 0.25) is 0 Å². The lowest BCUT2D eigenvalue weighted by molar-refractivity contribution is 0.528. The van der Waals surface area contributed by atoms with Gasteiger partial charge in [-0.2, -0.15) is 0 Å². The number of hydrogen-bond acceptors (Lipinski definition) is 2. The zero-order chi connectivity index (χ0) is 12.7. The lowest BCUT2D eigenvalue weighted by Crippen LogP contribution is -2.28. The van der Waals surface area contributed by atoms with Crippen molar-refractivity contribution in [3.05, 3.63) is 33.8 Å². The van der Waals surface area contributed by atoms with Crippen LogP contribution in [-0.4, -0.2) is 19.6 Å². The van der Waals surface area contributed by atoms with Crippen LogP contribution in [0.25, 0.3) is 0 Å². The van der Waals surface area contributed by atoms with E-state index in [-0.39, 0.29) is 12.1 Å². The number of halogens is 3. The van der Waals surface area contributed by atoms with Crippen LogP contribution >= 0.6 is 15.9 Å². The first kappa shape index (κ1) is 14.5. The average Bonchev–Trinajstić information content (AvgIpc) is 2.26. The molecule has 0 atom stereocenters. The van der Waals surface area contributed by atoms with Crippen molar-refractivity contribution in [3.63, 3.8) is 0 Å². The van der Waals surface area contributed by atoms with Gasteiger partial charge in [0.1, 0.15) is 11.6 Å². The number of rotatable bonds is 7. The van der Waals surface area contributed by atoms with Gasteiger partial charge in [0.25, 0.3) is 0 Å². The Morgan fingerprint density at radius 3 is 2.24 bits per heavy atom. The predicted octanol–water partition coefficient (Wildman–Crippen LogP) is 2.82. The monoisotopic (exact) mass is 306 g/mol. The highest BCUT2D eigenvalue weighted by molar-refractivity contribution is 9.10. The molecule has 0 aliphatic carbocycles. The normalized spacial score (nSPS) is 10.8. The molecule has 0 heterocycles. The van der Waals surface area contributed by atoms with E-state index in [0.717, 1.165) is 19.5 Å². The Bertz CT molecular complexity index is 335. The summed E-state index contributed by atoms with van der Waals surface area (Å²) in [4.78, 5) is 0. The molecular formula is C12H17BrF2N2. The fourth-order valence-electron chi connectivity index (χ4n) is 1.43. The van der Waals surface area contributed by atoms with E-state index in [1.807, 2.05) is 0 Å². The molecule has 96 valence electrons. The molecule has 0 radical (unpaired) electrons. The van der Waals surface area contributed by atoms with Crippen molar-refractivity contribution in [2.75, 3.05) is 19.6 Å². The molecule has 1 aromatic carbocycles. The molecule has 0 spiro atoms. The molecule has 2 N–H and O–H groups in total. The Kier molecular flexibility index (Phi) is 6.62. The van der Waals surface area contributed by atoms with Crippen molar-refractivity contribution in [1.29, 1.82) is 0 Å². The van der Waals surface area contributed by atoms with Crippen LogP contribution in [0.4, 0.5) is 8.78 Å². The summed E-state index contributed by atoms with van der Waals surface area (Å²) in [7, 11) is 0. The first-order valence-electron chi connectivity index (χ1n) is 5.70. The van der Waals surface area contributed by atoms with Gasteiger partial charge in [-0.05, 0) is 25.1 Å². The van der Waals surface area contributed by atoms with E-state index >= 15 is 0 Å². The molecule has 0 aromatic heterocycles. The molecule has 17 heavy (non-hydrogen) atoms. The van der Waals surface area contributed by atoms with Gasteiger partial charge in [-0.25, -0.2) is 8.78 Å². The highest BCUT2D eigenvalue weighted by Gasteiger charge is 2.09. The van der Waals surface area contributed by atoms with Crippen molar-refractivity contribution in [2.24, 2.45) is 0 Å². The third-order valence-corrected chi connectivity index (χ3v) is 2.77. The number of nitrogens with one attached hydrogen (secondary N) is 2. The van der Waals surface area contributed by atoms with Crippen molar-refractivity contribution in [2.45, 2.75) is 19.9 Å². The first-order chi connectivity index (χ1) is 8.15. The molecule has 1 aromatic rings. The third kappa shape index (κ3) is 5.10. The van der Waals surface area contributed by atoms with Crippen LogP contribution in [-0.2, 0) is 6.54 Å². The van der Waals surface area contributed by atoms with Crippen molar-refractivity contribution >= 4 is 15.9 Å². The fraction of sp³-hybridized carbons (Fsp3) is 0.500. The topological polar surface area (TPSA) is 24.1 Å². The van der Waals surface area contributed by atoms with Crippen LogP contribution in [0.3, 0.4) is 0 Å². The van der Waals surface area contributed by atoms with Crippen molar-refractivity contribution in [1.82, 2.24) is 10.6 Å². The largest absolute Gasteiger partial charge is 0.315 e. The van der Waals surface area contributed by atoms with Crippen LogP contribution in [0, 0.1) is 11.6 Å². The summed E-state index contributed by atoms with van der Waals surface area (Å²) < 4.78 is 27.2. The molecule has 0 aliphatic rings. The highest BCUT2D eigenvalue weighted by Crippen LogP contribution is 2.19.